The van der Waals surface area contributed by atoms with Gasteiger partial charge in [-0.05, 0) is 193 Å². The largest absolute Gasteiger partial charge is 0.388 e. The molecule has 10 rings (SSSR count). The molecule has 0 heterocycles. The predicted octanol–water partition coefficient (Wildman–Crippen LogP) is 26.2. The van der Waals surface area contributed by atoms with Crippen molar-refractivity contribution < 1.29 is 24.3 Å². The number of aliphatic hydroxyl groups excluding tert-OH is 1. The number of aliphatic hydroxyl groups is 1. The summed E-state index contributed by atoms with van der Waals surface area (Å²) in [6, 6.07) is 39.2. The maximum Gasteiger partial charge on any atom is 0.222 e. The minimum Gasteiger partial charge on any atom is -0.388 e. The van der Waals surface area contributed by atoms with Gasteiger partial charge in [0, 0.05) is 137 Å². The van der Waals surface area contributed by atoms with E-state index in [4.69, 9.17) is 238 Å². The summed E-state index contributed by atoms with van der Waals surface area (Å²) in [7, 11) is 0. The predicted molar refractivity (Wildman–Crippen MR) is 416 cm³/mol. The van der Waals surface area contributed by atoms with E-state index in [1.165, 1.54) is 0 Å². The van der Waals surface area contributed by atoms with Gasteiger partial charge in [-0.1, -0.05) is 199 Å². The van der Waals surface area contributed by atoms with Gasteiger partial charge in [0.2, 0.25) is 18.1 Å². The van der Waals surface area contributed by atoms with Crippen molar-refractivity contribution in [3.8, 4) is 0 Å². The third kappa shape index (κ3) is 31.9. The standard InChI is InChI=1S/C11H11Cl2NO.C11H9Cl2NO.C10H11Cl2N.C9H8Cl4.C9H9Cl3O.C9H7Cl3O.C6H4Cl2.C3H4Cl2O/c2*12-7-1-2-8(10(13)5-7)9-3-4-11(9)14-6-15;11-6-1-2-7(9(12)5-6)8-3-4-10(8)13;10-4-3-8(12)7-2-1-6(11)5-9(7)13;2*10-4-3-9(13)7-2-1-6(11)5-8(7)12;7-5-2-1-3-6(8)4-5;4-2-1-3(5)6/h1-2,5-6,9,11H,3-4H2,(H,14,15);1-2,5-6H,3-4H2,(H,14,15);1-2,5,8,10H,3-4,13H2;1-2,5,8H,3-4H2;1-2,5,9,13H,3-4H2;1-2,5H,3-4H2;1-4H;1-2H2/t9-,11-;;8-,10-;;;;;/m0.0...../s1. The second-order valence-corrected chi connectivity index (χ2v) is 29.0. The fourth-order valence-electron chi connectivity index (χ4n) is 8.82. The van der Waals surface area contributed by atoms with Crippen molar-refractivity contribution in [2.24, 2.45) is 5.73 Å². The number of halogens is 20. The molecule has 96 heavy (non-hydrogen) atoms. The Kier molecular flexibility index (Phi) is 44.5. The molecule has 7 aromatic carbocycles. The van der Waals surface area contributed by atoms with E-state index in [-0.39, 0.29) is 34.9 Å². The summed E-state index contributed by atoms with van der Waals surface area (Å²) in [5.41, 5.74) is 13.1. The van der Waals surface area contributed by atoms with Gasteiger partial charge < -0.3 is 21.5 Å². The van der Waals surface area contributed by atoms with Crippen molar-refractivity contribution in [2.45, 2.75) is 99.6 Å². The van der Waals surface area contributed by atoms with Crippen molar-refractivity contribution in [3.63, 3.8) is 0 Å². The number of hydrogen-bond acceptors (Lipinski definition) is 6. The smallest absolute Gasteiger partial charge is 0.222 e. The molecule has 3 aliphatic rings. The molecule has 3 aliphatic carbocycles. The van der Waals surface area contributed by atoms with E-state index >= 15 is 0 Å². The first kappa shape index (κ1) is 88.5. The number of nitrogens with one attached hydrogen (secondary N) is 2. The van der Waals surface area contributed by atoms with Gasteiger partial charge in [-0.15, -0.1) is 58.0 Å². The highest BCUT2D eigenvalue weighted by atomic mass is 35.5. The first-order chi connectivity index (χ1) is 45.6. The number of carbonyl (C=O) groups is 4. The number of rotatable bonds is 18. The molecule has 0 aliphatic heterocycles. The quantitative estimate of drug-likeness (QED) is 0.0292. The lowest BCUT2D eigenvalue weighted by Gasteiger charge is -2.36. The molecule has 0 aromatic heterocycles. The van der Waals surface area contributed by atoms with Gasteiger partial charge in [-0.25, -0.2) is 0 Å². The first-order valence-corrected chi connectivity index (χ1v) is 37.1. The van der Waals surface area contributed by atoms with Crippen LogP contribution < -0.4 is 16.4 Å². The molecule has 8 nitrogen and oxygen atoms in total. The van der Waals surface area contributed by atoms with Crippen LogP contribution in [-0.2, 0) is 14.4 Å². The number of nitrogens with two attached hydrogens (primary N) is 1. The normalized spacial score (nSPS) is 15.9. The molecule has 0 radical (unpaired) electrons. The monoisotopic (exact) mass is 1700 g/mol. The van der Waals surface area contributed by atoms with Crippen molar-refractivity contribution in [2.75, 3.05) is 23.5 Å². The van der Waals surface area contributed by atoms with Crippen LogP contribution in [0.2, 0.25) is 70.3 Å². The molecule has 28 heteroatoms. The first-order valence-electron chi connectivity index (χ1n) is 28.9. The molecule has 0 saturated heterocycles. The van der Waals surface area contributed by atoms with Gasteiger partial charge in [-0.2, -0.15) is 0 Å². The Bertz CT molecular complexity index is 3560. The topological polar surface area (TPSA) is 139 Å². The average Bonchev–Trinajstić information content (AvgIpc) is 0.827. The molecular formula is C68H63Cl20N3O5. The van der Waals surface area contributed by atoms with Crippen LogP contribution in [0.3, 0.4) is 0 Å². The Labute approximate surface area is 661 Å². The maximum atomic E-state index is 11.4. The second-order valence-electron chi connectivity index (χ2n) is 20.6. The molecule has 2 amide bonds. The minimum atomic E-state index is -0.609. The average molecular weight is 1710 g/mol. The Morgan fingerprint density at radius 3 is 1.31 bits per heavy atom. The molecular weight excluding hydrogens is 1650 g/mol. The van der Waals surface area contributed by atoms with Crippen LogP contribution in [-0.4, -0.2) is 64.6 Å². The van der Waals surface area contributed by atoms with Crippen LogP contribution >= 0.6 is 232 Å². The number of carbonyl (C=O) groups excluding carboxylic acids is 4. The molecule has 2 fully saturated rings. The summed E-state index contributed by atoms with van der Waals surface area (Å²) in [5.74, 6) is 2.26. The second kappa shape index (κ2) is 48.3. The highest BCUT2D eigenvalue weighted by Gasteiger charge is 2.33. The van der Waals surface area contributed by atoms with Gasteiger partial charge in [0.05, 0.1) is 16.5 Å². The highest BCUT2D eigenvalue weighted by molar-refractivity contribution is 6.63. The molecule has 7 aromatic rings. The van der Waals surface area contributed by atoms with Gasteiger partial charge in [0.25, 0.3) is 0 Å². The highest BCUT2D eigenvalue weighted by Crippen LogP contribution is 2.42. The van der Waals surface area contributed by atoms with Gasteiger partial charge in [0.1, 0.15) is 0 Å². The molecule has 2 saturated carbocycles. The third-order valence-electron chi connectivity index (χ3n) is 14.1. The van der Waals surface area contributed by atoms with Crippen LogP contribution in [0.5, 0.6) is 0 Å². The summed E-state index contributed by atoms with van der Waals surface area (Å²) in [5, 5.41) is 23.1. The number of amides is 2. The molecule has 0 spiro atoms. The number of allylic oxidation sites excluding steroid dienone is 2. The van der Waals surface area contributed by atoms with Gasteiger partial charge in [0.15, 0.2) is 5.78 Å². The fraction of sp³-hybridized carbons (Fsp3) is 0.294. The molecule has 6 atom stereocenters. The number of hydrogen-bond donors (Lipinski definition) is 4. The summed E-state index contributed by atoms with van der Waals surface area (Å²) >= 11 is 114. The number of Topliss-reactive ketones (excluding diaryl/α,β-unsaturated/α-hetero) is 1. The van der Waals surface area contributed by atoms with Crippen molar-refractivity contribution in [1.29, 1.82) is 0 Å². The van der Waals surface area contributed by atoms with E-state index in [0.717, 1.165) is 83.5 Å². The van der Waals surface area contributed by atoms with E-state index in [1.54, 1.807) is 91.0 Å². The number of ketones is 1. The Balaban J connectivity index is 0.000000289. The van der Waals surface area contributed by atoms with Gasteiger partial charge in [-0.3, -0.25) is 19.2 Å². The lowest BCUT2D eigenvalue weighted by Crippen LogP contribution is -2.41. The minimum absolute atomic E-state index is 0.0586. The molecule has 520 valence electrons. The van der Waals surface area contributed by atoms with Crippen LogP contribution in [0.15, 0.2) is 139 Å². The van der Waals surface area contributed by atoms with Crippen LogP contribution in [0.4, 0.5) is 0 Å². The van der Waals surface area contributed by atoms with Crippen molar-refractivity contribution >= 4 is 261 Å². The number of alkyl halides is 5. The molecule has 5 N–H and O–H groups in total. The van der Waals surface area contributed by atoms with Crippen LogP contribution in [0.25, 0.3) is 5.57 Å². The lowest BCUT2D eigenvalue weighted by atomic mass is 9.75. The van der Waals surface area contributed by atoms with Crippen LogP contribution in [0.1, 0.15) is 126 Å². The van der Waals surface area contributed by atoms with Crippen LogP contribution in [0, 0.1) is 0 Å². The third-order valence-corrected chi connectivity index (χ3v) is 19.4. The molecule has 0 bridgehead atoms. The Hall–Kier alpha value is -1.72. The SMILES string of the molecule is ClCCC(Cl)c1ccc(Cl)cc1Cl.Clc1cccc(Cl)c1.N[C@H]1CC[C@H]1c1ccc(Cl)cc1Cl.O=C(CCCl)c1ccc(Cl)cc1Cl.O=C(Cl)CCCl.O=CNC1=C(c2ccc(Cl)cc2Cl)CC1.O=CN[C@H]1CC[C@H]1c1ccc(Cl)cc1Cl.OC(CCCl)c1ccc(Cl)cc1Cl. The van der Waals surface area contributed by atoms with E-state index < -0.39 is 6.10 Å². The van der Waals surface area contributed by atoms with E-state index in [2.05, 4.69) is 10.6 Å². The zero-order valence-electron chi connectivity index (χ0n) is 50.4. The van der Waals surface area contributed by atoms with E-state index in [9.17, 15) is 24.3 Å². The zero-order chi connectivity index (χ0) is 71.6. The Morgan fingerprint density at radius 2 is 0.948 bits per heavy atom. The number of benzene rings is 7. The fourth-order valence-corrected chi connectivity index (χ4v) is 13.9. The summed E-state index contributed by atoms with van der Waals surface area (Å²) < 4.78 is 0. The summed E-state index contributed by atoms with van der Waals surface area (Å²) in [4.78, 5) is 41.8. The maximum absolute atomic E-state index is 11.4. The summed E-state index contributed by atoms with van der Waals surface area (Å²) in [6.07, 6.45) is 8.74. The van der Waals surface area contributed by atoms with E-state index in [1.807, 2.05) is 42.5 Å². The van der Waals surface area contributed by atoms with Crippen molar-refractivity contribution in [1.82, 2.24) is 10.6 Å². The molecule has 2 unspecified atom stereocenters. The van der Waals surface area contributed by atoms with E-state index in [0.29, 0.717) is 137 Å². The Morgan fingerprint density at radius 1 is 0.490 bits per heavy atom. The van der Waals surface area contributed by atoms with Gasteiger partial charge >= 0.3 is 0 Å². The van der Waals surface area contributed by atoms with Crippen molar-refractivity contribution in [3.05, 3.63) is 243 Å². The zero-order valence-corrected chi connectivity index (χ0v) is 65.6. The summed E-state index contributed by atoms with van der Waals surface area (Å²) in [6.45, 7) is 0. The lowest BCUT2D eigenvalue weighted by molar-refractivity contribution is -0.111.